The standard InChI is InChI=1S/C12H9F9O8Si/c1-2-6(22)26-4-3-5-30(27-7(23)10(13,14)15,28-8(24)11(16,17)18)29-9(25)12(19,20)21/h2H,1,3-5H2. The molecule has 0 aliphatic heterocycles. The third-order valence-electron chi connectivity index (χ3n) is 2.48. The van der Waals surface area contributed by atoms with Crippen LogP contribution in [0.15, 0.2) is 12.7 Å². The van der Waals surface area contributed by atoms with Crippen molar-refractivity contribution in [2.24, 2.45) is 0 Å². The number of ether oxygens (including phenoxy) is 1. The Balaban J connectivity index is 5.99. The molecule has 8 nitrogen and oxygen atoms in total. The largest absolute Gasteiger partial charge is 0.705 e. The van der Waals surface area contributed by atoms with Crippen LogP contribution in [0, 0.1) is 0 Å². The lowest BCUT2D eigenvalue weighted by Gasteiger charge is -2.28. The minimum atomic E-state index is -6.32. The van der Waals surface area contributed by atoms with Gasteiger partial charge in [-0.1, -0.05) is 6.58 Å². The zero-order chi connectivity index (χ0) is 24.0. The topological polar surface area (TPSA) is 105 Å². The SMILES string of the molecule is C=CC(=O)OCCC[Si](OC(=O)C(F)(F)F)(OC(=O)C(F)(F)F)OC(=O)C(F)(F)F. The van der Waals surface area contributed by atoms with Gasteiger partial charge in [0.15, 0.2) is 0 Å². The Hall–Kier alpha value is -2.79. The van der Waals surface area contributed by atoms with Gasteiger partial charge in [-0.2, -0.15) is 39.5 Å². The van der Waals surface area contributed by atoms with Crippen molar-refractivity contribution >= 4 is 32.7 Å². The molecule has 18 heteroatoms. The van der Waals surface area contributed by atoms with E-state index in [0.29, 0.717) is 6.08 Å². The molecule has 0 heterocycles. The molecular weight excluding hydrogens is 471 g/mol. The summed E-state index contributed by atoms with van der Waals surface area (Å²) in [6.45, 7) is 2.05. The highest BCUT2D eigenvalue weighted by Crippen LogP contribution is 2.30. The summed E-state index contributed by atoms with van der Waals surface area (Å²) in [5.41, 5.74) is 0. The first-order valence-corrected chi connectivity index (χ1v) is 8.97. The van der Waals surface area contributed by atoms with E-state index in [4.69, 9.17) is 0 Å². The Morgan fingerprint density at radius 3 is 1.33 bits per heavy atom. The molecule has 0 rings (SSSR count). The average Bonchev–Trinajstić information content (AvgIpc) is 2.55. The van der Waals surface area contributed by atoms with E-state index >= 15 is 0 Å². The van der Waals surface area contributed by atoms with Crippen LogP contribution in [0.4, 0.5) is 39.5 Å². The van der Waals surface area contributed by atoms with Gasteiger partial charge in [-0.05, 0) is 6.42 Å². The first kappa shape index (κ1) is 27.2. The summed E-state index contributed by atoms with van der Waals surface area (Å²) >= 11 is 0. The van der Waals surface area contributed by atoms with Crippen molar-refractivity contribution in [2.45, 2.75) is 31.0 Å². The zero-order valence-electron chi connectivity index (χ0n) is 14.1. The molecule has 172 valence electrons. The predicted octanol–water partition coefficient (Wildman–Crippen LogP) is 2.36. The van der Waals surface area contributed by atoms with E-state index in [0.717, 1.165) is 0 Å². The molecule has 0 unspecified atom stereocenters. The van der Waals surface area contributed by atoms with E-state index < -0.39 is 70.3 Å². The molecule has 0 radical (unpaired) electrons. The van der Waals surface area contributed by atoms with Gasteiger partial charge >= 0.3 is 51.2 Å². The highest BCUT2D eigenvalue weighted by Gasteiger charge is 2.62. The van der Waals surface area contributed by atoms with Crippen molar-refractivity contribution in [2.75, 3.05) is 6.61 Å². The van der Waals surface area contributed by atoms with Crippen molar-refractivity contribution in [3.05, 3.63) is 12.7 Å². The lowest BCUT2D eigenvalue weighted by Crippen LogP contribution is -2.55. The molecule has 0 aromatic carbocycles. The van der Waals surface area contributed by atoms with Gasteiger partial charge in [0.05, 0.1) is 12.7 Å². The smallest absolute Gasteiger partial charge is 0.463 e. The van der Waals surface area contributed by atoms with Gasteiger partial charge in [-0.3, -0.25) is 0 Å². The monoisotopic (exact) mass is 480 g/mol. The highest BCUT2D eigenvalue weighted by atomic mass is 28.4. The van der Waals surface area contributed by atoms with Crippen molar-refractivity contribution in [1.82, 2.24) is 0 Å². The van der Waals surface area contributed by atoms with Crippen LogP contribution in [0.1, 0.15) is 6.42 Å². The minimum absolute atomic E-state index is 0.571. The molecule has 0 aliphatic rings. The van der Waals surface area contributed by atoms with Gasteiger partial charge in [0, 0.05) is 6.08 Å². The summed E-state index contributed by atoms with van der Waals surface area (Å²) < 4.78 is 126. The van der Waals surface area contributed by atoms with Crippen LogP contribution in [0.5, 0.6) is 0 Å². The summed E-state index contributed by atoms with van der Waals surface area (Å²) in [5.74, 6) is -11.4. The fourth-order valence-electron chi connectivity index (χ4n) is 1.33. The second-order valence-electron chi connectivity index (χ2n) is 4.82. The Morgan fingerprint density at radius 2 is 1.07 bits per heavy atom. The lowest BCUT2D eigenvalue weighted by atomic mass is 10.5. The number of carbonyl (C=O) groups excluding carboxylic acids is 4. The number of hydrogen-bond donors (Lipinski definition) is 0. The van der Waals surface area contributed by atoms with E-state index in [2.05, 4.69) is 24.6 Å². The Morgan fingerprint density at radius 1 is 0.733 bits per heavy atom. The second kappa shape index (κ2) is 9.81. The molecule has 0 atom stereocenters. The molecule has 0 amide bonds. The van der Waals surface area contributed by atoms with Crippen LogP contribution >= 0.6 is 0 Å². The molecule has 0 aliphatic carbocycles. The van der Waals surface area contributed by atoms with Gasteiger partial charge in [-0.25, -0.2) is 19.2 Å². The normalized spacial score (nSPS) is 12.6. The third kappa shape index (κ3) is 9.14. The van der Waals surface area contributed by atoms with Gasteiger partial charge in [0.1, 0.15) is 0 Å². The number of rotatable bonds is 8. The van der Waals surface area contributed by atoms with Gasteiger partial charge in [0.25, 0.3) is 0 Å². The third-order valence-corrected chi connectivity index (χ3v) is 4.93. The van der Waals surface area contributed by atoms with Crippen LogP contribution in [0.2, 0.25) is 6.04 Å². The summed E-state index contributed by atoms with van der Waals surface area (Å²) in [6.07, 6.45) is -18.3. The zero-order valence-corrected chi connectivity index (χ0v) is 15.1. The van der Waals surface area contributed by atoms with Crippen molar-refractivity contribution in [3.63, 3.8) is 0 Å². The molecule has 0 bridgehead atoms. The summed E-state index contributed by atoms with van der Waals surface area (Å²) in [6, 6.07) is -1.58. The van der Waals surface area contributed by atoms with E-state index in [1.165, 1.54) is 0 Å². The first-order valence-electron chi connectivity index (χ1n) is 7.04. The van der Waals surface area contributed by atoms with Crippen molar-refractivity contribution in [1.29, 1.82) is 0 Å². The highest BCUT2D eigenvalue weighted by molar-refractivity contribution is 6.65. The molecule has 0 spiro atoms. The van der Waals surface area contributed by atoms with Gasteiger partial charge < -0.3 is 18.0 Å². The predicted molar refractivity (Wildman–Crippen MR) is 72.8 cm³/mol. The van der Waals surface area contributed by atoms with Crippen LogP contribution in [0.25, 0.3) is 0 Å². The fraction of sp³-hybridized carbons (Fsp3) is 0.500. The molecule has 0 N–H and O–H groups in total. The van der Waals surface area contributed by atoms with Gasteiger partial charge in [0.2, 0.25) is 0 Å². The summed E-state index contributed by atoms with van der Waals surface area (Å²) in [5, 5.41) is 0. The van der Waals surface area contributed by atoms with Gasteiger partial charge in [-0.15, -0.1) is 0 Å². The van der Waals surface area contributed by atoms with Crippen LogP contribution in [0.3, 0.4) is 0 Å². The first-order chi connectivity index (χ1) is 13.3. The second-order valence-corrected chi connectivity index (χ2v) is 7.30. The van der Waals surface area contributed by atoms with Crippen LogP contribution < -0.4 is 0 Å². The van der Waals surface area contributed by atoms with Crippen molar-refractivity contribution in [3.8, 4) is 0 Å². The number of esters is 1. The number of carbonyl (C=O) groups is 4. The van der Waals surface area contributed by atoms with Crippen molar-refractivity contribution < 1.29 is 76.7 Å². The Labute approximate surface area is 160 Å². The van der Waals surface area contributed by atoms with E-state index in [1.54, 1.807) is 0 Å². The maximum absolute atomic E-state index is 12.4. The van der Waals surface area contributed by atoms with Crippen LogP contribution in [-0.2, 0) is 37.2 Å². The number of halogens is 9. The Kier molecular flexibility index (Phi) is 8.89. The summed E-state index contributed by atoms with van der Waals surface area (Å²) in [4.78, 5) is 43.8. The van der Waals surface area contributed by atoms with E-state index in [1.807, 2.05) is 0 Å². The molecule has 0 aromatic rings. The minimum Gasteiger partial charge on any atom is -0.463 e. The molecule has 30 heavy (non-hydrogen) atoms. The molecule has 0 saturated heterocycles. The maximum Gasteiger partial charge on any atom is 0.705 e. The van der Waals surface area contributed by atoms with E-state index in [9.17, 15) is 58.7 Å². The number of alkyl halides is 9. The lowest BCUT2D eigenvalue weighted by molar-refractivity contribution is -0.209. The molecule has 0 saturated carbocycles. The van der Waals surface area contributed by atoms with E-state index in [-0.39, 0.29) is 0 Å². The fourth-order valence-corrected chi connectivity index (χ4v) is 3.54. The number of hydrogen-bond acceptors (Lipinski definition) is 8. The molecule has 0 aromatic heterocycles. The maximum atomic E-state index is 12.4. The summed E-state index contributed by atoms with van der Waals surface area (Å²) in [7, 11) is -6.32. The quantitative estimate of drug-likeness (QED) is 0.172. The Bertz CT molecular complexity index is 613. The average molecular weight is 480 g/mol. The molecule has 0 fully saturated rings. The molecular formula is C12H9F9O8Si. The van der Waals surface area contributed by atoms with Crippen LogP contribution in [-0.4, -0.2) is 57.8 Å².